The maximum absolute atomic E-state index is 12.7. The van der Waals surface area contributed by atoms with Gasteiger partial charge in [-0.1, -0.05) is 13.8 Å². The van der Waals surface area contributed by atoms with E-state index in [1.54, 1.807) is 24.9 Å². The highest BCUT2D eigenvalue weighted by Gasteiger charge is 2.22. The summed E-state index contributed by atoms with van der Waals surface area (Å²) in [5.74, 6) is 0.309. The first-order valence-corrected chi connectivity index (χ1v) is 8.14. The lowest BCUT2D eigenvalue weighted by Gasteiger charge is -2.09. The number of alkyl halides is 2. The van der Waals surface area contributed by atoms with Crippen LogP contribution in [0.2, 0.25) is 0 Å². The molecule has 7 nitrogen and oxygen atoms in total. The summed E-state index contributed by atoms with van der Waals surface area (Å²) in [4.78, 5) is 16.9. The summed E-state index contributed by atoms with van der Waals surface area (Å²) in [7, 11) is 1.72. The molecule has 0 aliphatic carbocycles. The molecule has 9 heteroatoms. The third kappa shape index (κ3) is 3.24. The van der Waals surface area contributed by atoms with Crippen LogP contribution in [0, 0.1) is 0 Å². The first kappa shape index (κ1) is 17.8. The smallest absolute Gasteiger partial charge is 0.387 e. The molecule has 0 spiro atoms. The first-order valence-electron chi connectivity index (χ1n) is 8.14. The van der Waals surface area contributed by atoms with E-state index in [9.17, 15) is 13.6 Å². The van der Waals surface area contributed by atoms with Crippen molar-refractivity contribution >= 4 is 22.8 Å². The Morgan fingerprint density at radius 1 is 1.35 bits per heavy atom. The number of carbonyl (C=O) groups excluding carboxylic acids is 1. The molecule has 0 fully saturated rings. The van der Waals surface area contributed by atoms with Crippen molar-refractivity contribution in [2.75, 3.05) is 5.32 Å². The van der Waals surface area contributed by atoms with Gasteiger partial charge in [0, 0.05) is 19.0 Å². The summed E-state index contributed by atoms with van der Waals surface area (Å²) < 4.78 is 36.8. The van der Waals surface area contributed by atoms with Gasteiger partial charge in [0.2, 0.25) is 0 Å². The van der Waals surface area contributed by atoms with Crippen LogP contribution < -0.4 is 10.1 Å². The Bertz CT molecular complexity index is 949. The Morgan fingerprint density at radius 3 is 2.77 bits per heavy atom. The summed E-state index contributed by atoms with van der Waals surface area (Å²) in [5, 5.41) is 6.91. The predicted molar refractivity (Wildman–Crippen MR) is 90.6 cm³/mol. The van der Waals surface area contributed by atoms with Crippen LogP contribution in [0.25, 0.3) is 11.1 Å². The molecule has 0 atom stereocenters. The van der Waals surface area contributed by atoms with E-state index in [0.29, 0.717) is 24.6 Å². The van der Waals surface area contributed by atoms with Crippen LogP contribution in [0.1, 0.15) is 35.7 Å². The predicted octanol–water partition coefficient (Wildman–Crippen LogP) is 3.54. The Kier molecular flexibility index (Phi) is 4.88. The average molecular weight is 364 g/mol. The van der Waals surface area contributed by atoms with E-state index in [4.69, 9.17) is 4.42 Å². The molecule has 1 amide bonds. The molecule has 0 saturated carbocycles. The van der Waals surface area contributed by atoms with Crippen LogP contribution in [0.3, 0.4) is 0 Å². The van der Waals surface area contributed by atoms with Crippen molar-refractivity contribution in [3.05, 3.63) is 35.3 Å². The molecule has 2 heterocycles. The average Bonchev–Trinajstić information content (AvgIpc) is 3.19. The number of aromatic nitrogens is 3. The molecule has 1 N–H and O–H groups in total. The molecule has 0 aliphatic heterocycles. The van der Waals surface area contributed by atoms with Crippen molar-refractivity contribution in [1.82, 2.24) is 14.8 Å². The molecule has 3 aromatic rings. The van der Waals surface area contributed by atoms with E-state index in [2.05, 4.69) is 20.1 Å². The van der Waals surface area contributed by atoms with Gasteiger partial charge >= 0.3 is 6.61 Å². The zero-order valence-corrected chi connectivity index (χ0v) is 14.5. The van der Waals surface area contributed by atoms with E-state index in [1.165, 1.54) is 12.1 Å². The minimum absolute atomic E-state index is 0.0931. The number of ether oxygens (including phenoxy) is 1. The van der Waals surface area contributed by atoms with Crippen molar-refractivity contribution in [1.29, 1.82) is 0 Å². The first-order chi connectivity index (χ1) is 12.4. The van der Waals surface area contributed by atoms with Gasteiger partial charge < -0.3 is 14.5 Å². The number of fused-ring (bicyclic) bond motifs is 1. The molecule has 0 unspecified atom stereocenters. The van der Waals surface area contributed by atoms with Gasteiger partial charge in [0.25, 0.3) is 5.91 Å². The summed E-state index contributed by atoms with van der Waals surface area (Å²) >= 11 is 0. The van der Waals surface area contributed by atoms with E-state index >= 15 is 0 Å². The Morgan fingerprint density at radius 2 is 2.12 bits per heavy atom. The lowest BCUT2D eigenvalue weighted by atomic mass is 10.1. The number of halogens is 2. The second-order valence-corrected chi connectivity index (χ2v) is 5.58. The number of benzene rings is 1. The Hall–Kier alpha value is -2.97. The number of oxazole rings is 1. The number of rotatable bonds is 6. The fourth-order valence-electron chi connectivity index (χ4n) is 2.63. The number of aryl methyl sites for hydroxylation is 3. The van der Waals surface area contributed by atoms with Crippen LogP contribution in [-0.4, -0.2) is 27.3 Å². The number of hydrogen-bond acceptors (Lipinski definition) is 5. The minimum Gasteiger partial charge on any atom is -0.440 e. The quantitative estimate of drug-likeness (QED) is 0.723. The zero-order valence-electron chi connectivity index (χ0n) is 14.5. The highest BCUT2D eigenvalue weighted by Crippen LogP contribution is 2.31. The summed E-state index contributed by atoms with van der Waals surface area (Å²) in [6.45, 7) is 0.758. The van der Waals surface area contributed by atoms with Gasteiger partial charge in [0.1, 0.15) is 5.82 Å². The van der Waals surface area contributed by atoms with Gasteiger partial charge in [-0.05, 0) is 18.6 Å². The largest absolute Gasteiger partial charge is 0.440 e. The Labute approximate surface area is 148 Å². The van der Waals surface area contributed by atoms with Gasteiger partial charge in [-0.2, -0.15) is 13.9 Å². The highest BCUT2D eigenvalue weighted by molar-refractivity contribution is 6.11. The van der Waals surface area contributed by atoms with Crippen molar-refractivity contribution in [3.63, 3.8) is 0 Å². The van der Waals surface area contributed by atoms with Gasteiger partial charge in [-0.3, -0.25) is 9.48 Å². The molecule has 0 saturated heterocycles. The van der Waals surface area contributed by atoms with E-state index in [-0.39, 0.29) is 22.4 Å². The molecular weight excluding hydrogens is 346 g/mol. The monoisotopic (exact) mass is 364 g/mol. The van der Waals surface area contributed by atoms with Crippen LogP contribution in [0.4, 0.5) is 14.6 Å². The summed E-state index contributed by atoms with van der Waals surface area (Å²) in [6, 6.07) is 2.66. The highest BCUT2D eigenvalue weighted by atomic mass is 19.3. The third-order valence-electron chi connectivity index (χ3n) is 3.94. The van der Waals surface area contributed by atoms with Crippen LogP contribution in [0.15, 0.2) is 22.7 Å². The van der Waals surface area contributed by atoms with Crippen LogP contribution in [0.5, 0.6) is 5.75 Å². The second kappa shape index (κ2) is 7.11. The number of nitrogens with zero attached hydrogens (tertiary/aromatic N) is 3. The molecule has 0 bridgehead atoms. The number of hydrogen-bond donors (Lipinski definition) is 1. The molecule has 0 aliphatic rings. The lowest BCUT2D eigenvalue weighted by Crippen LogP contribution is -2.16. The number of amides is 1. The lowest BCUT2D eigenvalue weighted by molar-refractivity contribution is -0.0489. The maximum atomic E-state index is 12.7. The Balaban J connectivity index is 2.03. The molecule has 3 rings (SSSR count). The van der Waals surface area contributed by atoms with Gasteiger partial charge in [-0.15, -0.1) is 0 Å². The van der Waals surface area contributed by atoms with Gasteiger partial charge in [0.05, 0.1) is 11.8 Å². The third-order valence-corrected chi connectivity index (χ3v) is 3.94. The number of anilines is 1. The van der Waals surface area contributed by atoms with Crippen molar-refractivity contribution in [2.24, 2.45) is 7.05 Å². The number of nitrogens with one attached hydrogen (secondary N) is 1. The summed E-state index contributed by atoms with van der Waals surface area (Å²) in [6.07, 6.45) is 2.82. The van der Waals surface area contributed by atoms with Crippen LogP contribution >= 0.6 is 0 Å². The topological polar surface area (TPSA) is 82.2 Å². The van der Waals surface area contributed by atoms with Crippen molar-refractivity contribution in [2.45, 2.75) is 33.3 Å². The molecular formula is C17H18F2N4O3. The second-order valence-electron chi connectivity index (χ2n) is 5.58. The molecule has 0 radical (unpaired) electrons. The number of carbonyl (C=O) groups is 1. The molecule has 138 valence electrons. The van der Waals surface area contributed by atoms with Gasteiger partial charge in [0.15, 0.2) is 22.7 Å². The van der Waals surface area contributed by atoms with E-state index < -0.39 is 12.5 Å². The summed E-state index contributed by atoms with van der Waals surface area (Å²) in [5.41, 5.74) is 1.26. The van der Waals surface area contributed by atoms with Gasteiger partial charge in [-0.25, -0.2) is 4.98 Å². The molecule has 1 aromatic carbocycles. The fourth-order valence-corrected chi connectivity index (χ4v) is 2.63. The minimum atomic E-state index is -3.00. The van der Waals surface area contributed by atoms with E-state index in [1.807, 2.05) is 6.92 Å². The maximum Gasteiger partial charge on any atom is 0.387 e. The van der Waals surface area contributed by atoms with Crippen LogP contribution in [-0.2, 0) is 19.9 Å². The SMILES string of the molecule is CCc1nc2c(OC(F)F)ccc(C(=O)Nc3c(CC)cnn3C)c2o1. The fraction of sp³-hybridized carbons (Fsp3) is 0.353. The standard InChI is InChI=1S/C17H18F2N4O3/c1-4-9-8-20-23(3)15(9)22-16(24)10-6-7-11(25-17(18)19)13-14(10)26-12(5-2)21-13/h6-8,17H,4-5H2,1-3H3,(H,22,24). The van der Waals surface area contributed by atoms with E-state index in [0.717, 1.165) is 5.56 Å². The normalized spacial score (nSPS) is 11.3. The molecule has 2 aromatic heterocycles. The van der Waals surface area contributed by atoms with Crippen molar-refractivity contribution in [3.8, 4) is 5.75 Å². The molecule has 26 heavy (non-hydrogen) atoms. The van der Waals surface area contributed by atoms with Crippen molar-refractivity contribution < 1.29 is 22.7 Å². The zero-order chi connectivity index (χ0) is 18.8.